The largest absolute Gasteiger partial charge is 0.444 e. The lowest BCUT2D eigenvalue weighted by molar-refractivity contribution is 0.0359. The van der Waals surface area contributed by atoms with Gasteiger partial charge < -0.3 is 15.0 Å². The van der Waals surface area contributed by atoms with Crippen molar-refractivity contribution in [3.8, 4) is 11.1 Å². The van der Waals surface area contributed by atoms with E-state index in [1.54, 1.807) is 37.9 Å². The zero-order valence-electron chi connectivity index (χ0n) is 21.4. The first kappa shape index (κ1) is 25.5. The van der Waals surface area contributed by atoms with Gasteiger partial charge in [0.2, 0.25) is 0 Å². The minimum Gasteiger partial charge on any atom is -0.444 e. The molecule has 0 saturated carbocycles. The molecule has 0 aliphatic carbocycles. The summed E-state index contributed by atoms with van der Waals surface area (Å²) < 4.78 is 33.8. The maximum absolute atomic E-state index is 13.6. The van der Waals surface area contributed by atoms with Crippen LogP contribution in [-0.4, -0.2) is 54.0 Å². The molecule has 1 N–H and O–H groups in total. The number of rotatable bonds is 5. The third-order valence-electron chi connectivity index (χ3n) is 6.31. The summed E-state index contributed by atoms with van der Waals surface area (Å²) in [7, 11) is -3.91. The molecule has 2 heterocycles. The van der Waals surface area contributed by atoms with Crippen molar-refractivity contribution in [2.45, 2.75) is 37.3 Å². The van der Waals surface area contributed by atoms with Gasteiger partial charge >= 0.3 is 6.09 Å². The fraction of sp³-hybridized carbons (Fsp3) is 0.241. The van der Waals surface area contributed by atoms with E-state index >= 15 is 0 Å². The van der Waals surface area contributed by atoms with Gasteiger partial charge in [0.15, 0.2) is 0 Å². The standard InChI is InChI=1S/C29H29N3O5S/c1-29(2,3)37-28(34)30-22-17-31(18-22)27(33)21-13-15-23(16-14-21)38(35,36)32-19-25(20-9-5-4-6-10-20)24-11-7-8-12-26(24)32/h4-16,19,22H,17-18H2,1-3H3,(H,30,34). The minimum atomic E-state index is -3.91. The van der Waals surface area contributed by atoms with Crippen LogP contribution in [-0.2, 0) is 14.8 Å². The molecule has 0 radical (unpaired) electrons. The predicted octanol–water partition coefficient (Wildman–Crippen LogP) is 4.89. The number of carbonyl (C=O) groups excluding carboxylic acids is 2. The SMILES string of the molecule is CC(C)(C)OC(=O)NC1CN(C(=O)c2ccc(S(=O)(=O)n3cc(-c4ccccc4)c4ccccc43)cc2)C1. The molecule has 38 heavy (non-hydrogen) atoms. The number of fused-ring (bicyclic) bond motifs is 1. The van der Waals surface area contributed by atoms with E-state index in [0.29, 0.717) is 24.2 Å². The average Bonchev–Trinajstić information content (AvgIpc) is 3.26. The lowest BCUT2D eigenvalue weighted by Crippen LogP contribution is -2.61. The van der Waals surface area contributed by atoms with Gasteiger partial charge in [0.1, 0.15) is 5.60 Å². The maximum atomic E-state index is 13.6. The molecule has 5 rings (SSSR count). The molecule has 196 valence electrons. The second kappa shape index (κ2) is 9.64. The van der Waals surface area contributed by atoms with Crippen molar-refractivity contribution < 1.29 is 22.7 Å². The molecule has 9 heteroatoms. The second-order valence-corrected chi connectivity index (χ2v) is 12.1. The van der Waals surface area contributed by atoms with Crippen molar-refractivity contribution in [1.29, 1.82) is 0 Å². The third kappa shape index (κ3) is 5.02. The van der Waals surface area contributed by atoms with Crippen LogP contribution in [0.5, 0.6) is 0 Å². The van der Waals surface area contributed by atoms with E-state index in [0.717, 1.165) is 16.5 Å². The highest BCUT2D eigenvalue weighted by Crippen LogP contribution is 2.33. The van der Waals surface area contributed by atoms with Crippen LogP contribution in [0.15, 0.2) is 90.0 Å². The second-order valence-electron chi connectivity index (χ2n) is 10.3. The Hall–Kier alpha value is -4.11. The Morgan fingerprint density at radius 1 is 0.895 bits per heavy atom. The van der Waals surface area contributed by atoms with Gasteiger partial charge in [-0.25, -0.2) is 17.2 Å². The highest BCUT2D eigenvalue weighted by atomic mass is 32.2. The molecule has 2 amide bonds. The summed E-state index contributed by atoms with van der Waals surface area (Å²) in [5.41, 5.74) is 2.11. The van der Waals surface area contributed by atoms with Gasteiger partial charge in [-0.2, -0.15) is 0 Å². The summed E-state index contributed by atoms with van der Waals surface area (Å²) in [6.45, 7) is 6.07. The molecule has 3 aromatic carbocycles. The first-order valence-electron chi connectivity index (χ1n) is 12.3. The van der Waals surface area contributed by atoms with Gasteiger partial charge in [-0.1, -0.05) is 48.5 Å². The number of amides is 2. The smallest absolute Gasteiger partial charge is 0.407 e. The first-order valence-corrected chi connectivity index (χ1v) is 13.8. The Morgan fingerprint density at radius 3 is 2.18 bits per heavy atom. The van der Waals surface area contributed by atoms with E-state index in [-0.39, 0.29) is 16.8 Å². The van der Waals surface area contributed by atoms with Gasteiger partial charge in [-0.15, -0.1) is 0 Å². The van der Waals surface area contributed by atoms with Crippen molar-refractivity contribution in [1.82, 2.24) is 14.2 Å². The molecule has 1 aromatic heterocycles. The number of alkyl carbamates (subject to hydrolysis) is 1. The molecule has 1 fully saturated rings. The van der Waals surface area contributed by atoms with Crippen molar-refractivity contribution in [2.75, 3.05) is 13.1 Å². The summed E-state index contributed by atoms with van der Waals surface area (Å²) in [6.07, 6.45) is 1.13. The quantitative estimate of drug-likeness (QED) is 0.395. The van der Waals surface area contributed by atoms with Crippen LogP contribution in [0, 0.1) is 0 Å². The molecule has 1 aliphatic rings. The summed E-state index contributed by atoms with van der Waals surface area (Å²) >= 11 is 0. The monoisotopic (exact) mass is 531 g/mol. The van der Waals surface area contributed by atoms with Crippen LogP contribution in [0.3, 0.4) is 0 Å². The molecule has 0 atom stereocenters. The molecule has 0 bridgehead atoms. The lowest BCUT2D eigenvalue weighted by Gasteiger charge is -2.39. The molecular formula is C29H29N3O5S. The average molecular weight is 532 g/mol. The number of ether oxygens (including phenoxy) is 1. The molecular weight excluding hydrogens is 502 g/mol. The summed E-state index contributed by atoms with van der Waals surface area (Å²) in [5, 5.41) is 3.58. The molecule has 1 aliphatic heterocycles. The zero-order chi connectivity index (χ0) is 27.1. The van der Waals surface area contributed by atoms with Crippen molar-refractivity contribution in [3.05, 3.63) is 90.6 Å². The number of likely N-dealkylation sites (tertiary alicyclic amines) is 1. The fourth-order valence-electron chi connectivity index (χ4n) is 4.47. The number of nitrogens with zero attached hydrogens (tertiary/aromatic N) is 2. The topological polar surface area (TPSA) is 97.7 Å². The Kier molecular flexibility index (Phi) is 6.48. The number of benzene rings is 3. The normalized spacial score (nSPS) is 14.2. The Bertz CT molecular complexity index is 1600. The van der Waals surface area contributed by atoms with E-state index in [2.05, 4.69) is 5.32 Å². The van der Waals surface area contributed by atoms with Crippen LogP contribution in [0.1, 0.15) is 31.1 Å². The number of carbonyl (C=O) groups is 2. The highest BCUT2D eigenvalue weighted by Gasteiger charge is 2.33. The van der Waals surface area contributed by atoms with E-state index < -0.39 is 21.7 Å². The number of aromatic nitrogens is 1. The molecule has 0 spiro atoms. The number of nitrogens with one attached hydrogen (secondary N) is 1. The summed E-state index contributed by atoms with van der Waals surface area (Å²) in [5.74, 6) is -0.228. The van der Waals surface area contributed by atoms with Gasteiger partial charge in [0, 0.05) is 35.8 Å². The zero-order valence-corrected chi connectivity index (χ0v) is 22.2. The van der Waals surface area contributed by atoms with Crippen LogP contribution in [0.25, 0.3) is 22.0 Å². The highest BCUT2D eigenvalue weighted by molar-refractivity contribution is 7.90. The fourth-order valence-corrected chi connectivity index (χ4v) is 5.84. The van der Waals surface area contributed by atoms with E-state index in [9.17, 15) is 18.0 Å². The van der Waals surface area contributed by atoms with E-state index in [1.165, 1.54) is 28.2 Å². The number of hydrogen-bond acceptors (Lipinski definition) is 5. The van der Waals surface area contributed by atoms with Crippen LogP contribution in [0.2, 0.25) is 0 Å². The summed E-state index contributed by atoms with van der Waals surface area (Å²) in [4.78, 5) is 26.5. The third-order valence-corrected chi connectivity index (χ3v) is 8.00. The van der Waals surface area contributed by atoms with Crippen LogP contribution in [0.4, 0.5) is 4.79 Å². The van der Waals surface area contributed by atoms with E-state index in [4.69, 9.17) is 4.74 Å². The number of hydrogen-bond donors (Lipinski definition) is 1. The maximum Gasteiger partial charge on any atom is 0.407 e. The molecule has 0 unspecified atom stereocenters. The Labute approximate surface area is 221 Å². The van der Waals surface area contributed by atoms with Crippen LogP contribution >= 0.6 is 0 Å². The van der Waals surface area contributed by atoms with Crippen molar-refractivity contribution >= 4 is 32.9 Å². The van der Waals surface area contributed by atoms with Crippen molar-refractivity contribution in [2.24, 2.45) is 0 Å². The van der Waals surface area contributed by atoms with E-state index in [1.807, 2.05) is 48.5 Å². The molecule has 1 saturated heterocycles. The predicted molar refractivity (Wildman–Crippen MR) is 145 cm³/mol. The molecule has 8 nitrogen and oxygen atoms in total. The Morgan fingerprint density at radius 2 is 1.53 bits per heavy atom. The Balaban J connectivity index is 1.32. The van der Waals surface area contributed by atoms with Crippen molar-refractivity contribution in [3.63, 3.8) is 0 Å². The lowest BCUT2D eigenvalue weighted by atomic mass is 10.1. The van der Waals surface area contributed by atoms with Gasteiger partial charge in [-0.05, 0) is 56.7 Å². The van der Waals surface area contributed by atoms with Crippen LogP contribution < -0.4 is 5.32 Å². The summed E-state index contributed by atoms with van der Waals surface area (Å²) in [6, 6.07) is 22.8. The number of para-hydroxylation sites is 1. The van der Waals surface area contributed by atoms with Gasteiger partial charge in [0.05, 0.1) is 16.5 Å². The van der Waals surface area contributed by atoms with Gasteiger partial charge in [-0.3, -0.25) is 4.79 Å². The first-order chi connectivity index (χ1) is 18.0. The minimum absolute atomic E-state index is 0.0856. The van der Waals surface area contributed by atoms with Gasteiger partial charge in [0.25, 0.3) is 15.9 Å². The molecule has 4 aromatic rings.